The van der Waals surface area contributed by atoms with Crippen LogP contribution in [0.5, 0.6) is 0 Å². The summed E-state index contributed by atoms with van der Waals surface area (Å²) in [4.78, 5) is 26.8. The van der Waals surface area contributed by atoms with E-state index in [2.05, 4.69) is 0 Å². The lowest BCUT2D eigenvalue weighted by Crippen LogP contribution is -2.44. The highest BCUT2D eigenvalue weighted by molar-refractivity contribution is 5.89. The van der Waals surface area contributed by atoms with E-state index in [-0.39, 0.29) is 18.4 Å². The molecule has 0 radical (unpaired) electrons. The molecule has 0 heterocycles. The van der Waals surface area contributed by atoms with Gasteiger partial charge >= 0.3 is 5.97 Å². The van der Waals surface area contributed by atoms with Crippen LogP contribution in [-0.4, -0.2) is 60.5 Å². The Hall–Kier alpha value is -1.88. The molecular weight excluding hydrogens is 256 g/mol. The summed E-state index contributed by atoms with van der Waals surface area (Å²) in [6.45, 7) is 0.871. The second-order valence-electron chi connectivity index (χ2n) is 5.41. The molecule has 0 saturated carbocycles. The van der Waals surface area contributed by atoms with Crippen LogP contribution in [0.2, 0.25) is 0 Å². The van der Waals surface area contributed by atoms with Gasteiger partial charge in [-0.05, 0) is 31.6 Å². The molecule has 1 aromatic rings. The van der Waals surface area contributed by atoms with Crippen molar-refractivity contribution >= 4 is 11.9 Å². The van der Waals surface area contributed by atoms with Crippen molar-refractivity contribution in [3.8, 4) is 0 Å². The molecule has 1 amide bonds. The van der Waals surface area contributed by atoms with Crippen LogP contribution in [0, 0.1) is 0 Å². The molecular formula is C15H20N2O3. The van der Waals surface area contributed by atoms with Crippen LogP contribution in [-0.2, 0) is 16.0 Å². The minimum absolute atomic E-state index is 0.0760. The molecule has 1 atom stereocenters. The van der Waals surface area contributed by atoms with E-state index in [1.807, 2.05) is 43.3 Å². The number of nitrogens with zero attached hydrogens (tertiary/aromatic N) is 2. The van der Waals surface area contributed by atoms with Crippen LogP contribution < -0.4 is 0 Å². The third-order valence-electron chi connectivity index (χ3n) is 3.61. The molecule has 108 valence electrons. The fourth-order valence-corrected chi connectivity index (χ4v) is 2.45. The van der Waals surface area contributed by atoms with Crippen LogP contribution in [0.25, 0.3) is 0 Å². The Kier molecular flexibility index (Phi) is 4.39. The first-order chi connectivity index (χ1) is 9.49. The number of hydrogen-bond acceptors (Lipinski definition) is 3. The van der Waals surface area contributed by atoms with Gasteiger partial charge in [0.15, 0.2) is 0 Å². The molecule has 20 heavy (non-hydrogen) atoms. The Morgan fingerprint density at radius 1 is 1.25 bits per heavy atom. The van der Waals surface area contributed by atoms with Crippen molar-refractivity contribution in [2.45, 2.75) is 12.3 Å². The molecule has 1 aliphatic carbocycles. The average Bonchev–Trinajstić information content (AvgIpc) is 2.35. The van der Waals surface area contributed by atoms with E-state index in [1.165, 1.54) is 10.5 Å². The number of aliphatic carboxylic acids is 1. The minimum Gasteiger partial charge on any atom is -0.480 e. The quantitative estimate of drug-likeness (QED) is 0.835. The van der Waals surface area contributed by atoms with Gasteiger partial charge in [0.2, 0.25) is 5.91 Å². The van der Waals surface area contributed by atoms with Crippen molar-refractivity contribution < 1.29 is 14.7 Å². The summed E-state index contributed by atoms with van der Waals surface area (Å²) in [6, 6.07) is 7.84. The molecule has 0 saturated heterocycles. The zero-order valence-electron chi connectivity index (χ0n) is 11.9. The molecule has 1 unspecified atom stereocenters. The van der Waals surface area contributed by atoms with Crippen LogP contribution >= 0.6 is 0 Å². The van der Waals surface area contributed by atoms with Gasteiger partial charge in [0.1, 0.15) is 6.54 Å². The Balaban J connectivity index is 2.05. The first-order valence-corrected chi connectivity index (χ1v) is 6.72. The number of carboxylic acid groups (broad SMARTS) is 1. The van der Waals surface area contributed by atoms with Gasteiger partial charge in [-0.1, -0.05) is 24.3 Å². The standard InChI is InChI=1S/C15H20N2O3/c1-16(2)7-8-17(10-14(18)19)15(20)13-9-11-5-3-4-6-12(11)13/h3-6,13H,7-10H2,1-2H3,(H,18,19). The van der Waals surface area contributed by atoms with Gasteiger partial charge in [0.05, 0.1) is 5.92 Å². The van der Waals surface area contributed by atoms with Crippen LogP contribution in [0.1, 0.15) is 17.0 Å². The Bertz CT molecular complexity index is 514. The lowest BCUT2D eigenvalue weighted by atomic mass is 9.77. The van der Waals surface area contributed by atoms with Crippen molar-refractivity contribution in [3.63, 3.8) is 0 Å². The smallest absolute Gasteiger partial charge is 0.323 e. The number of carbonyl (C=O) groups excluding carboxylic acids is 1. The third-order valence-corrected chi connectivity index (χ3v) is 3.61. The molecule has 1 N–H and O–H groups in total. The van der Waals surface area contributed by atoms with E-state index in [0.717, 1.165) is 5.56 Å². The largest absolute Gasteiger partial charge is 0.480 e. The van der Waals surface area contributed by atoms with Crippen molar-refractivity contribution in [2.24, 2.45) is 0 Å². The Morgan fingerprint density at radius 3 is 2.55 bits per heavy atom. The third kappa shape index (κ3) is 3.17. The molecule has 5 heteroatoms. The number of benzene rings is 1. The number of amides is 1. The Labute approximate surface area is 118 Å². The predicted octanol–water partition coefficient (Wildman–Crippen LogP) is 0.801. The maximum atomic E-state index is 12.5. The number of carbonyl (C=O) groups is 2. The predicted molar refractivity (Wildman–Crippen MR) is 75.7 cm³/mol. The minimum atomic E-state index is -0.968. The number of carboxylic acids is 1. The van der Waals surface area contributed by atoms with Crippen LogP contribution in [0.15, 0.2) is 24.3 Å². The highest BCUT2D eigenvalue weighted by Crippen LogP contribution is 2.36. The lowest BCUT2D eigenvalue weighted by Gasteiger charge is -2.33. The number of likely N-dealkylation sites (N-methyl/N-ethyl adjacent to an activating group) is 1. The molecule has 5 nitrogen and oxygen atoms in total. The summed E-state index contributed by atoms with van der Waals surface area (Å²) in [5.74, 6) is -1.22. The van der Waals surface area contributed by atoms with E-state index in [4.69, 9.17) is 5.11 Å². The molecule has 2 rings (SSSR count). The summed E-state index contributed by atoms with van der Waals surface area (Å²) in [7, 11) is 3.81. The number of rotatable bonds is 6. The molecule has 0 aliphatic heterocycles. The zero-order valence-corrected chi connectivity index (χ0v) is 11.9. The van der Waals surface area contributed by atoms with Crippen LogP contribution in [0.4, 0.5) is 0 Å². The second kappa shape index (κ2) is 6.05. The van der Waals surface area contributed by atoms with Crippen LogP contribution in [0.3, 0.4) is 0 Å². The van der Waals surface area contributed by atoms with Gasteiger partial charge in [-0.2, -0.15) is 0 Å². The molecule has 0 fully saturated rings. The Morgan fingerprint density at radius 2 is 1.95 bits per heavy atom. The maximum Gasteiger partial charge on any atom is 0.323 e. The van der Waals surface area contributed by atoms with E-state index in [0.29, 0.717) is 19.5 Å². The molecule has 0 spiro atoms. The SMILES string of the molecule is CN(C)CCN(CC(=O)O)C(=O)C1Cc2ccccc21. The topological polar surface area (TPSA) is 60.9 Å². The average molecular weight is 276 g/mol. The summed E-state index contributed by atoms with van der Waals surface area (Å²) in [5, 5.41) is 8.96. The summed E-state index contributed by atoms with van der Waals surface area (Å²) in [6.07, 6.45) is 0.715. The van der Waals surface area contributed by atoms with Gasteiger partial charge in [-0.15, -0.1) is 0 Å². The van der Waals surface area contributed by atoms with Crippen molar-refractivity contribution in [1.29, 1.82) is 0 Å². The lowest BCUT2D eigenvalue weighted by molar-refractivity contribution is -0.145. The highest BCUT2D eigenvalue weighted by atomic mass is 16.4. The van der Waals surface area contributed by atoms with Gasteiger partial charge in [-0.25, -0.2) is 0 Å². The monoisotopic (exact) mass is 276 g/mol. The van der Waals surface area contributed by atoms with E-state index < -0.39 is 5.97 Å². The highest BCUT2D eigenvalue weighted by Gasteiger charge is 2.35. The van der Waals surface area contributed by atoms with Gasteiger partial charge in [0.25, 0.3) is 0 Å². The maximum absolute atomic E-state index is 12.5. The van der Waals surface area contributed by atoms with Gasteiger partial charge in [0, 0.05) is 13.1 Å². The fourth-order valence-electron chi connectivity index (χ4n) is 2.45. The van der Waals surface area contributed by atoms with Gasteiger partial charge in [-0.3, -0.25) is 9.59 Å². The first-order valence-electron chi connectivity index (χ1n) is 6.72. The first kappa shape index (κ1) is 14.5. The van der Waals surface area contributed by atoms with Crippen molar-refractivity contribution in [3.05, 3.63) is 35.4 Å². The normalized spacial score (nSPS) is 16.4. The van der Waals surface area contributed by atoms with E-state index in [9.17, 15) is 9.59 Å². The number of hydrogen-bond donors (Lipinski definition) is 1. The summed E-state index contributed by atoms with van der Waals surface area (Å²) >= 11 is 0. The van der Waals surface area contributed by atoms with E-state index >= 15 is 0 Å². The molecule has 0 bridgehead atoms. The van der Waals surface area contributed by atoms with E-state index in [1.54, 1.807) is 0 Å². The zero-order chi connectivity index (χ0) is 14.7. The fraction of sp³-hybridized carbons (Fsp3) is 0.467. The summed E-state index contributed by atoms with van der Waals surface area (Å²) < 4.78 is 0. The van der Waals surface area contributed by atoms with Gasteiger partial charge < -0.3 is 14.9 Å². The van der Waals surface area contributed by atoms with Crippen molar-refractivity contribution in [1.82, 2.24) is 9.80 Å². The summed E-state index contributed by atoms with van der Waals surface area (Å²) in [5.41, 5.74) is 2.23. The molecule has 1 aliphatic rings. The molecule has 1 aromatic carbocycles. The molecule has 0 aromatic heterocycles. The second-order valence-corrected chi connectivity index (χ2v) is 5.41. The number of fused-ring (bicyclic) bond motifs is 1. The van der Waals surface area contributed by atoms with Crippen molar-refractivity contribution in [2.75, 3.05) is 33.7 Å².